The summed E-state index contributed by atoms with van der Waals surface area (Å²) in [4.78, 5) is 11.2. The van der Waals surface area contributed by atoms with Gasteiger partial charge >= 0.3 is 0 Å². The van der Waals surface area contributed by atoms with Crippen LogP contribution in [0.15, 0.2) is 12.2 Å². The summed E-state index contributed by atoms with van der Waals surface area (Å²) in [5, 5.41) is 0. The largest absolute Gasteiger partial charge is 0.300 e. The molecule has 1 aliphatic rings. The monoisotopic (exact) mass is 306 g/mol. The van der Waals surface area contributed by atoms with Gasteiger partial charge in [-0.05, 0) is 43.9 Å². The standard InChI is InChI=1S/C21H38O/c1-3-5-9-12-19-15-17-20(18-16-19)13-10-7-6-8-11-14-21(22)4-2/h15,17,19-20H,3-14,16,18H2,1-2H3. The van der Waals surface area contributed by atoms with Crippen LogP contribution < -0.4 is 0 Å². The average Bonchev–Trinajstić information content (AvgIpc) is 2.55. The van der Waals surface area contributed by atoms with Gasteiger partial charge in [0, 0.05) is 12.8 Å². The third kappa shape index (κ3) is 9.43. The van der Waals surface area contributed by atoms with Crippen LogP contribution in [0.1, 0.15) is 104 Å². The third-order valence-corrected chi connectivity index (χ3v) is 5.17. The molecular weight excluding hydrogens is 268 g/mol. The molecule has 0 aromatic carbocycles. The van der Waals surface area contributed by atoms with Gasteiger partial charge in [0.2, 0.25) is 0 Å². The Balaban J connectivity index is 1.96. The highest BCUT2D eigenvalue weighted by Crippen LogP contribution is 2.29. The van der Waals surface area contributed by atoms with Crippen LogP contribution in [0, 0.1) is 11.8 Å². The average molecular weight is 307 g/mol. The molecule has 0 N–H and O–H groups in total. The zero-order valence-electron chi connectivity index (χ0n) is 15.1. The Hall–Kier alpha value is -0.590. The van der Waals surface area contributed by atoms with Crippen LogP contribution in [-0.2, 0) is 4.79 Å². The van der Waals surface area contributed by atoms with E-state index < -0.39 is 0 Å². The maximum absolute atomic E-state index is 11.2. The molecule has 0 saturated carbocycles. The molecule has 0 radical (unpaired) electrons. The molecule has 1 heteroatoms. The van der Waals surface area contributed by atoms with Crippen LogP contribution in [0.4, 0.5) is 0 Å². The number of allylic oxidation sites excluding steroid dienone is 2. The van der Waals surface area contributed by atoms with Gasteiger partial charge in [0.25, 0.3) is 0 Å². The minimum absolute atomic E-state index is 0.431. The van der Waals surface area contributed by atoms with Crippen LogP contribution in [0.25, 0.3) is 0 Å². The van der Waals surface area contributed by atoms with Crippen molar-refractivity contribution < 1.29 is 4.79 Å². The van der Waals surface area contributed by atoms with Crippen molar-refractivity contribution in [3.63, 3.8) is 0 Å². The lowest BCUT2D eigenvalue weighted by Crippen LogP contribution is -2.08. The fraction of sp³-hybridized carbons (Fsp3) is 0.857. The van der Waals surface area contributed by atoms with Crippen molar-refractivity contribution >= 4 is 5.78 Å². The molecule has 1 nitrogen and oxygen atoms in total. The molecule has 0 heterocycles. The minimum atomic E-state index is 0.431. The van der Waals surface area contributed by atoms with Crippen molar-refractivity contribution in [2.45, 2.75) is 104 Å². The number of carbonyl (C=O) groups is 1. The zero-order chi connectivity index (χ0) is 16.0. The molecular formula is C21H38O. The molecule has 0 bridgehead atoms. The molecule has 0 saturated heterocycles. The Morgan fingerprint density at radius 1 is 0.818 bits per heavy atom. The molecule has 0 amide bonds. The Labute approximate surface area is 139 Å². The number of unbranched alkanes of at least 4 members (excludes halogenated alkanes) is 6. The molecule has 0 spiro atoms. The van der Waals surface area contributed by atoms with E-state index in [4.69, 9.17) is 0 Å². The minimum Gasteiger partial charge on any atom is -0.300 e. The van der Waals surface area contributed by atoms with Crippen molar-refractivity contribution in [2.24, 2.45) is 11.8 Å². The maximum Gasteiger partial charge on any atom is 0.132 e. The molecule has 1 aliphatic carbocycles. The summed E-state index contributed by atoms with van der Waals surface area (Å²) >= 11 is 0. The molecule has 2 atom stereocenters. The predicted octanol–water partition coefficient (Wildman–Crippen LogP) is 6.86. The summed E-state index contributed by atoms with van der Waals surface area (Å²) in [6.07, 6.45) is 22.7. The topological polar surface area (TPSA) is 17.1 Å². The first-order chi connectivity index (χ1) is 10.8. The van der Waals surface area contributed by atoms with E-state index in [1.54, 1.807) is 0 Å². The third-order valence-electron chi connectivity index (χ3n) is 5.17. The van der Waals surface area contributed by atoms with Gasteiger partial charge in [-0.2, -0.15) is 0 Å². The first-order valence-corrected chi connectivity index (χ1v) is 9.96. The predicted molar refractivity (Wildman–Crippen MR) is 97.1 cm³/mol. The smallest absolute Gasteiger partial charge is 0.132 e. The summed E-state index contributed by atoms with van der Waals surface area (Å²) in [5.41, 5.74) is 0. The lowest BCUT2D eigenvalue weighted by molar-refractivity contribution is -0.118. The van der Waals surface area contributed by atoms with E-state index in [0.717, 1.165) is 24.7 Å². The van der Waals surface area contributed by atoms with E-state index in [9.17, 15) is 4.79 Å². The van der Waals surface area contributed by atoms with E-state index in [2.05, 4.69) is 19.1 Å². The highest BCUT2D eigenvalue weighted by atomic mass is 16.1. The first-order valence-electron chi connectivity index (χ1n) is 9.96. The van der Waals surface area contributed by atoms with Gasteiger partial charge in [0.1, 0.15) is 5.78 Å². The lowest BCUT2D eigenvalue weighted by Gasteiger charge is -2.22. The summed E-state index contributed by atoms with van der Waals surface area (Å²) in [5.74, 6) is 2.16. The SMILES string of the molecule is CCCCCC1C=CC(CCCCCCCC(=O)CC)CC1. The molecule has 1 rings (SSSR count). The summed E-state index contributed by atoms with van der Waals surface area (Å²) in [6.45, 7) is 4.25. The second-order valence-corrected chi connectivity index (χ2v) is 7.18. The fourth-order valence-corrected chi connectivity index (χ4v) is 3.51. The van der Waals surface area contributed by atoms with Crippen LogP contribution in [-0.4, -0.2) is 5.78 Å². The lowest BCUT2D eigenvalue weighted by atomic mass is 9.83. The van der Waals surface area contributed by atoms with Crippen LogP contribution >= 0.6 is 0 Å². The quantitative estimate of drug-likeness (QED) is 0.268. The van der Waals surface area contributed by atoms with Crippen LogP contribution in [0.2, 0.25) is 0 Å². The van der Waals surface area contributed by atoms with Crippen molar-refractivity contribution in [3.05, 3.63) is 12.2 Å². The van der Waals surface area contributed by atoms with E-state index in [1.807, 2.05) is 6.92 Å². The van der Waals surface area contributed by atoms with E-state index in [-0.39, 0.29) is 0 Å². The number of hydrogen-bond acceptors (Lipinski definition) is 1. The molecule has 0 aromatic heterocycles. The number of ketones is 1. The van der Waals surface area contributed by atoms with Crippen LogP contribution in [0.3, 0.4) is 0 Å². The molecule has 128 valence electrons. The second-order valence-electron chi connectivity index (χ2n) is 7.18. The Morgan fingerprint density at radius 2 is 1.36 bits per heavy atom. The van der Waals surface area contributed by atoms with Gasteiger partial charge in [-0.3, -0.25) is 4.79 Å². The van der Waals surface area contributed by atoms with Gasteiger partial charge in [0.15, 0.2) is 0 Å². The summed E-state index contributed by atoms with van der Waals surface area (Å²) in [7, 11) is 0. The molecule has 2 unspecified atom stereocenters. The normalized spacial score (nSPS) is 21.2. The van der Waals surface area contributed by atoms with E-state index >= 15 is 0 Å². The van der Waals surface area contributed by atoms with E-state index in [1.165, 1.54) is 70.6 Å². The highest BCUT2D eigenvalue weighted by Gasteiger charge is 2.14. The Morgan fingerprint density at radius 3 is 1.91 bits per heavy atom. The van der Waals surface area contributed by atoms with Gasteiger partial charge < -0.3 is 0 Å². The van der Waals surface area contributed by atoms with Gasteiger partial charge in [-0.1, -0.05) is 70.9 Å². The van der Waals surface area contributed by atoms with Crippen molar-refractivity contribution in [3.8, 4) is 0 Å². The van der Waals surface area contributed by atoms with E-state index in [0.29, 0.717) is 12.2 Å². The fourth-order valence-electron chi connectivity index (χ4n) is 3.51. The number of Topliss-reactive ketones (excluding diaryl/α,β-unsaturated/α-hetero) is 1. The molecule has 22 heavy (non-hydrogen) atoms. The second kappa shape index (κ2) is 12.9. The summed E-state index contributed by atoms with van der Waals surface area (Å²) < 4.78 is 0. The molecule has 0 fully saturated rings. The highest BCUT2D eigenvalue weighted by molar-refractivity contribution is 5.77. The molecule has 0 aromatic rings. The summed E-state index contributed by atoms with van der Waals surface area (Å²) in [6, 6.07) is 0. The van der Waals surface area contributed by atoms with Gasteiger partial charge in [0.05, 0.1) is 0 Å². The van der Waals surface area contributed by atoms with Gasteiger partial charge in [-0.15, -0.1) is 0 Å². The number of rotatable bonds is 13. The first kappa shape index (κ1) is 19.5. The number of carbonyl (C=O) groups excluding carboxylic acids is 1. The number of hydrogen-bond donors (Lipinski definition) is 0. The maximum atomic E-state index is 11.2. The molecule has 0 aliphatic heterocycles. The van der Waals surface area contributed by atoms with Gasteiger partial charge in [-0.25, -0.2) is 0 Å². The Bertz CT molecular complexity index is 305. The van der Waals surface area contributed by atoms with Crippen molar-refractivity contribution in [2.75, 3.05) is 0 Å². The van der Waals surface area contributed by atoms with Crippen molar-refractivity contribution in [1.29, 1.82) is 0 Å². The van der Waals surface area contributed by atoms with Crippen LogP contribution in [0.5, 0.6) is 0 Å². The zero-order valence-corrected chi connectivity index (χ0v) is 15.1. The Kier molecular flexibility index (Phi) is 11.4. The van der Waals surface area contributed by atoms with Crippen molar-refractivity contribution in [1.82, 2.24) is 0 Å².